The number of hydrogen-bond donors (Lipinski definition) is 0. The van der Waals surface area contributed by atoms with Gasteiger partial charge in [0.25, 0.3) is 0 Å². The summed E-state index contributed by atoms with van der Waals surface area (Å²) in [6, 6.07) is 8.00. The Bertz CT molecular complexity index is 797. The maximum absolute atomic E-state index is 12.6. The van der Waals surface area contributed by atoms with E-state index in [1.165, 1.54) is 31.3 Å². The van der Waals surface area contributed by atoms with E-state index >= 15 is 0 Å². The second-order valence-corrected chi connectivity index (χ2v) is 9.43. The third kappa shape index (κ3) is 5.20. The Morgan fingerprint density at radius 3 is 2.26 bits per heavy atom. The Hall–Kier alpha value is -1.66. The molecule has 0 N–H and O–H groups in total. The van der Waals surface area contributed by atoms with Crippen LogP contribution in [0.4, 0.5) is 0 Å². The molecule has 7 nitrogen and oxygen atoms in total. The lowest BCUT2D eigenvalue weighted by Gasteiger charge is -2.38. The quantitative estimate of drug-likeness (QED) is 0.709. The van der Waals surface area contributed by atoms with Gasteiger partial charge in [0, 0.05) is 38.2 Å². The molecule has 2 rings (SSSR count). The summed E-state index contributed by atoms with van der Waals surface area (Å²) >= 11 is 5.80. The SMILES string of the molecule is CC(C)C(C#N)N1CCN(C(=O)CN(C)S(=O)(=O)c2ccc(Cl)cc2)CC1. The predicted molar refractivity (Wildman–Crippen MR) is 104 cm³/mol. The normalized spacial score (nSPS) is 17.1. The number of likely N-dealkylation sites (N-methyl/N-ethyl adjacent to an activating group) is 1. The average molecular weight is 413 g/mol. The zero-order valence-electron chi connectivity index (χ0n) is 15.8. The fourth-order valence-electron chi connectivity index (χ4n) is 3.06. The van der Waals surface area contributed by atoms with Crippen molar-refractivity contribution in [2.75, 3.05) is 39.8 Å². The van der Waals surface area contributed by atoms with Crippen LogP contribution in [0, 0.1) is 17.2 Å². The van der Waals surface area contributed by atoms with E-state index in [0.717, 1.165) is 4.31 Å². The predicted octanol–water partition coefficient (Wildman–Crippen LogP) is 1.65. The van der Waals surface area contributed by atoms with E-state index < -0.39 is 10.0 Å². The van der Waals surface area contributed by atoms with Gasteiger partial charge in [-0.2, -0.15) is 9.57 Å². The van der Waals surface area contributed by atoms with Gasteiger partial charge in [0.2, 0.25) is 15.9 Å². The summed E-state index contributed by atoms with van der Waals surface area (Å²) in [6.45, 7) is 5.96. The Balaban J connectivity index is 1.96. The van der Waals surface area contributed by atoms with E-state index in [0.29, 0.717) is 31.2 Å². The lowest BCUT2D eigenvalue weighted by atomic mass is 10.0. The van der Waals surface area contributed by atoms with Crippen molar-refractivity contribution in [3.8, 4) is 6.07 Å². The van der Waals surface area contributed by atoms with Gasteiger partial charge in [-0.3, -0.25) is 9.69 Å². The average Bonchev–Trinajstić information content (AvgIpc) is 2.62. The number of carbonyl (C=O) groups is 1. The number of halogens is 1. The topological polar surface area (TPSA) is 84.7 Å². The van der Waals surface area contributed by atoms with Gasteiger partial charge < -0.3 is 4.90 Å². The van der Waals surface area contributed by atoms with E-state index in [9.17, 15) is 18.5 Å². The third-order valence-electron chi connectivity index (χ3n) is 4.70. The Morgan fingerprint density at radius 1 is 1.22 bits per heavy atom. The van der Waals surface area contributed by atoms with Crippen LogP contribution in [0.3, 0.4) is 0 Å². The van der Waals surface area contributed by atoms with Crippen LogP contribution < -0.4 is 0 Å². The van der Waals surface area contributed by atoms with Crippen LogP contribution in [0.1, 0.15) is 13.8 Å². The maximum atomic E-state index is 12.6. The van der Waals surface area contributed by atoms with Crippen molar-refractivity contribution in [1.82, 2.24) is 14.1 Å². The second-order valence-electron chi connectivity index (χ2n) is 6.95. The number of hydrogen-bond acceptors (Lipinski definition) is 5. The number of rotatable bonds is 6. The molecule has 0 aromatic heterocycles. The van der Waals surface area contributed by atoms with Crippen LogP contribution in [-0.4, -0.2) is 74.2 Å². The molecule has 1 aromatic carbocycles. The van der Waals surface area contributed by atoms with Crippen molar-refractivity contribution in [1.29, 1.82) is 5.26 Å². The molecule has 1 saturated heterocycles. The van der Waals surface area contributed by atoms with Gasteiger partial charge in [-0.1, -0.05) is 25.4 Å². The maximum Gasteiger partial charge on any atom is 0.243 e. The second kappa shape index (κ2) is 9.02. The number of benzene rings is 1. The summed E-state index contributed by atoms with van der Waals surface area (Å²) in [7, 11) is -2.36. The molecule has 1 aliphatic rings. The van der Waals surface area contributed by atoms with Crippen molar-refractivity contribution in [3.63, 3.8) is 0 Å². The van der Waals surface area contributed by atoms with Crippen LogP contribution in [-0.2, 0) is 14.8 Å². The number of carbonyl (C=O) groups excluding carboxylic acids is 1. The summed E-state index contributed by atoms with van der Waals surface area (Å²) < 4.78 is 26.2. The Morgan fingerprint density at radius 2 is 1.78 bits per heavy atom. The Kier molecular flexibility index (Phi) is 7.23. The van der Waals surface area contributed by atoms with Gasteiger partial charge in [0.05, 0.1) is 17.5 Å². The molecule has 1 unspecified atom stereocenters. The van der Waals surface area contributed by atoms with Gasteiger partial charge in [-0.25, -0.2) is 8.42 Å². The summed E-state index contributed by atoms with van der Waals surface area (Å²) in [5.41, 5.74) is 0. The molecule has 9 heteroatoms. The first-order valence-electron chi connectivity index (χ1n) is 8.80. The molecule has 1 aromatic rings. The van der Waals surface area contributed by atoms with Gasteiger partial charge >= 0.3 is 0 Å². The highest BCUT2D eigenvalue weighted by atomic mass is 35.5. The molecule has 1 fully saturated rings. The summed E-state index contributed by atoms with van der Waals surface area (Å²) in [5.74, 6) is -0.0272. The molecule has 0 saturated carbocycles. The molecule has 1 amide bonds. The monoisotopic (exact) mass is 412 g/mol. The van der Waals surface area contributed by atoms with Crippen molar-refractivity contribution in [2.24, 2.45) is 5.92 Å². The van der Waals surface area contributed by atoms with Crippen LogP contribution >= 0.6 is 11.6 Å². The highest BCUT2D eigenvalue weighted by molar-refractivity contribution is 7.89. The number of nitriles is 1. The van der Waals surface area contributed by atoms with Crippen LogP contribution in [0.15, 0.2) is 29.2 Å². The minimum Gasteiger partial charge on any atom is -0.339 e. The molecule has 0 aliphatic carbocycles. The fourth-order valence-corrected chi connectivity index (χ4v) is 4.31. The van der Waals surface area contributed by atoms with E-state index in [4.69, 9.17) is 11.6 Å². The lowest BCUT2D eigenvalue weighted by Crippen LogP contribution is -2.54. The van der Waals surface area contributed by atoms with Crippen molar-refractivity contribution >= 4 is 27.5 Å². The molecule has 0 radical (unpaired) electrons. The molecule has 0 bridgehead atoms. The smallest absolute Gasteiger partial charge is 0.243 e. The lowest BCUT2D eigenvalue weighted by molar-refractivity contribution is -0.133. The molecule has 1 atom stereocenters. The minimum atomic E-state index is -3.76. The zero-order valence-corrected chi connectivity index (χ0v) is 17.4. The molecule has 0 spiro atoms. The molecular weight excluding hydrogens is 388 g/mol. The van der Waals surface area contributed by atoms with Crippen LogP contribution in [0.2, 0.25) is 5.02 Å². The number of sulfonamides is 1. The first kappa shape index (κ1) is 21.6. The van der Waals surface area contributed by atoms with E-state index in [-0.39, 0.29) is 29.3 Å². The van der Waals surface area contributed by atoms with Crippen molar-refractivity contribution < 1.29 is 13.2 Å². The first-order valence-corrected chi connectivity index (χ1v) is 10.6. The standard InChI is InChI=1S/C18H25ClN4O3S/c1-14(2)17(12-20)22-8-10-23(11-9-22)18(24)13-21(3)27(25,26)16-6-4-15(19)5-7-16/h4-7,14,17H,8-11,13H2,1-3H3. The van der Waals surface area contributed by atoms with Gasteiger partial charge in [0.1, 0.15) is 6.04 Å². The minimum absolute atomic E-state index is 0.0980. The highest BCUT2D eigenvalue weighted by Gasteiger charge is 2.30. The molecular formula is C18H25ClN4O3S. The molecule has 1 aliphatic heterocycles. The van der Waals surface area contributed by atoms with E-state index in [2.05, 4.69) is 11.0 Å². The van der Waals surface area contributed by atoms with E-state index in [1.807, 2.05) is 13.8 Å². The van der Waals surface area contributed by atoms with Crippen LogP contribution in [0.5, 0.6) is 0 Å². The first-order chi connectivity index (χ1) is 12.7. The number of amides is 1. The largest absolute Gasteiger partial charge is 0.339 e. The fraction of sp³-hybridized carbons (Fsp3) is 0.556. The van der Waals surface area contributed by atoms with Crippen LogP contribution in [0.25, 0.3) is 0 Å². The van der Waals surface area contributed by atoms with E-state index in [1.54, 1.807) is 4.90 Å². The number of nitrogens with zero attached hydrogens (tertiary/aromatic N) is 4. The summed E-state index contributed by atoms with van der Waals surface area (Å²) in [5, 5.41) is 9.75. The summed E-state index contributed by atoms with van der Waals surface area (Å²) in [6.07, 6.45) is 0. The van der Waals surface area contributed by atoms with Crippen molar-refractivity contribution in [2.45, 2.75) is 24.8 Å². The van der Waals surface area contributed by atoms with Gasteiger partial charge in [0.15, 0.2) is 0 Å². The molecule has 27 heavy (non-hydrogen) atoms. The highest BCUT2D eigenvalue weighted by Crippen LogP contribution is 2.18. The van der Waals surface area contributed by atoms with Gasteiger partial charge in [-0.15, -0.1) is 0 Å². The summed E-state index contributed by atoms with van der Waals surface area (Å²) in [4.78, 5) is 16.4. The zero-order chi connectivity index (χ0) is 20.2. The molecule has 1 heterocycles. The van der Waals surface area contributed by atoms with Crippen molar-refractivity contribution in [3.05, 3.63) is 29.3 Å². The Labute approximate surface area is 166 Å². The number of piperazine rings is 1. The molecule has 148 valence electrons. The van der Waals surface area contributed by atoms with Gasteiger partial charge in [-0.05, 0) is 30.2 Å². The third-order valence-corrected chi connectivity index (χ3v) is 6.77.